The number of benzene rings is 3. The molecule has 38 heavy (non-hydrogen) atoms. The summed E-state index contributed by atoms with van der Waals surface area (Å²) in [6, 6.07) is 19.1. The number of hydrogen-bond donors (Lipinski definition) is 1. The fourth-order valence-corrected chi connectivity index (χ4v) is 4.58. The van der Waals surface area contributed by atoms with Crippen LogP contribution in [0, 0.1) is 6.92 Å². The first-order valence-electron chi connectivity index (χ1n) is 12.7. The van der Waals surface area contributed by atoms with Crippen LogP contribution >= 0.6 is 0 Å². The molecule has 198 valence electrons. The number of ether oxygens (including phenoxy) is 2. The molecule has 3 aromatic rings. The lowest BCUT2D eigenvalue weighted by molar-refractivity contribution is -0.132. The van der Waals surface area contributed by atoms with Crippen LogP contribution in [0.2, 0.25) is 0 Å². The molecule has 1 saturated heterocycles. The summed E-state index contributed by atoms with van der Waals surface area (Å²) in [6.45, 7) is 8.18. The van der Waals surface area contributed by atoms with Gasteiger partial charge in [-0.3, -0.25) is 14.5 Å². The van der Waals surface area contributed by atoms with Crippen LogP contribution in [-0.2, 0) is 9.59 Å². The van der Waals surface area contributed by atoms with E-state index in [9.17, 15) is 14.7 Å². The molecule has 1 atom stereocenters. The Labute approximate surface area is 223 Å². The van der Waals surface area contributed by atoms with Crippen LogP contribution in [0.4, 0.5) is 11.4 Å². The zero-order chi connectivity index (χ0) is 27.6. The first kappa shape index (κ1) is 26.8. The summed E-state index contributed by atoms with van der Waals surface area (Å²) in [5.74, 6) is -0.285. The molecular formula is C31H34N2O5. The lowest BCUT2D eigenvalue weighted by atomic mass is 9.94. The summed E-state index contributed by atoms with van der Waals surface area (Å²) < 4.78 is 11.4. The van der Waals surface area contributed by atoms with Crippen molar-refractivity contribution in [3.8, 4) is 11.5 Å². The molecule has 4 rings (SSSR count). The highest BCUT2D eigenvalue weighted by Crippen LogP contribution is 2.43. The fourth-order valence-electron chi connectivity index (χ4n) is 4.58. The Hall–Kier alpha value is -4.26. The number of Topliss-reactive ketones (excluding diaryl/α,β-unsaturated/α-hetero) is 1. The van der Waals surface area contributed by atoms with Crippen molar-refractivity contribution in [3.63, 3.8) is 0 Å². The second-order valence-electron chi connectivity index (χ2n) is 9.73. The highest BCUT2D eigenvalue weighted by Gasteiger charge is 2.47. The quantitative estimate of drug-likeness (QED) is 0.230. The minimum absolute atomic E-state index is 0.00276. The number of carbonyl (C=O) groups excluding carboxylic acids is 2. The minimum Gasteiger partial charge on any atom is -0.507 e. The molecule has 1 heterocycles. The minimum atomic E-state index is -0.817. The van der Waals surface area contributed by atoms with E-state index in [1.54, 1.807) is 30.3 Å². The summed E-state index contributed by atoms with van der Waals surface area (Å²) in [6.07, 6.45) is -0.00276. The molecule has 1 amide bonds. The van der Waals surface area contributed by atoms with Gasteiger partial charge in [0, 0.05) is 31.0 Å². The van der Waals surface area contributed by atoms with E-state index in [-0.39, 0.29) is 17.4 Å². The highest BCUT2D eigenvalue weighted by atomic mass is 16.5. The first-order chi connectivity index (χ1) is 18.1. The van der Waals surface area contributed by atoms with Crippen molar-refractivity contribution in [1.29, 1.82) is 0 Å². The Morgan fingerprint density at radius 2 is 1.66 bits per heavy atom. The van der Waals surface area contributed by atoms with Crippen molar-refractivity contribution < 1.29 is 24.2 Å². The maximum atomic E-state index is 13.5. The molecule has 1 aliphatic heterocycles. The normalized spacial score (nSPS) is 16.7. The van der Waals surface area contributed by atoms with Crippen molar-refractivity contribution in [2.75, 3.05) is 30.5 Å². The number of aliphatic hydroxyl groups is 1. The van der Waals surface area contributed by atoms with Crippen LogP contribution in [0.3, 0.4) is 0 Å². The van der Waals surface area contributed by atoms with Crippen molar-refractivity contribution in [2.24, 2.45) is 0 Å². The smallest absolute Gasteiger partial charge is 0.300 e. The van der Waals surface area contributed by atoms with Crippen molar-refractivity contribution in [1.82, 2.24) is 0 Å². The van der Waals surface area contributed by atoms with E-state index in [4.69, 9.17) is 9.47 Å². The summed E-state index contributed by atoms with van der Waals surface area (Å²) in [7, 11) is 3.86. The summed E-state index contributed by atoms with van der Waals surface area (Å²) in [5, 5.41) is 11.5. The molecule has 0 radical (unpaired) electrons. The van der Waals surface area contributed by atoms with Gasteiger partial charge >= 0.3 is 0 Å². The zero-order valence-electron chi connectivity index (χ0n) is 22.7. The number of ketones is 1. The molecule has 1 unspecified atom stereocenters. The van der Waals surface area contributed by atoms with Crippen LogP contribution in [0.5, 0.6) is 11.5 Å². The van der Waals surface area contributed by atoms with Crippen LogP contribution in [0.15, 0.2) is 72.3 Å². The number of hydrogen-bond acceptors (Lipinski definition) is 6. The van der Waals surface area contributed by atoms with Crippen LogP contribution in [0.25, 0.3) is 5.76 Å². The van der Waals surface area contributed by atoms with Gasteiger partial charge in [-0.1, -0.05) is 12.1 Å². The molecule has 0 spiro atoms. The number of aliphatic hydroxyl groups excluding tert-OH is 1. The second-order valence-corrected chi connectivity index (χ2v) is 9.73. The average Bonchev–Trinajstić information content (AvgIpc) is 3.15. The number of anilines is 2. The molecule has 7 nitrogen and oxygen atoms in total. The number of rotatable bonds is 8. The van der Waals surface area contributed by atoms with Gasteiger partial charge in [0.1, 0.15) is 17.3 Å². The van der Waals surface area contributed by atoms with Gasteiger partial charge in [0.2, 0.25) is 0 Å². The number of aryl methyl sites for hydroxylation is 1. The summed E-state index contributed by atoms with van der Waals surface area (Å²) in [4.78, 5) is 30.3. The van der Waals surface area contributed by atoms with E-state index >= 15 is 0 Å². The average molecular weight is 515 g/mol. The van der Waals surface area contributed by atoms with Gasteiger partial charge in [-0.25, -0.2) is 0 Å². The van der Waals surface area contributed by atoms with Crippen molar-refractivity contribution in [2.45, 2.75) is 39.8 Å². The largest absolute Gasteiger partial charge is 0.507 e. The fraction of sp³-hybridized carbons (Fsp3) is 0.290. The molecule has 1 N–H and O–H groups in total. The Kier molecular flexibility index (Phi) is 7.76. The second kappa shape index (κ2) is 11.0. The molecule has 7 heteroatoms. The molecular weight excluding hydrogens is 480 g/mol. The van der Waals surface area contributed by atoms with Gasteiger partial charge in [-0.2, -0.15) is 0 Å². The Bertz CT molecular complexity index is 1360. The SMILES string of the molecule is CCOc1ccc(C2/C(=C(/O)c3ccc(OC(C)C)c(C)c3)C(=O)C(=O)N2c2ccc(N(C)C)cc2)cc1. The third kappa shape index (κ3) is 5.23. The van der Waals surface area contributed by atoms with Crippen LogP contribution < -0.4 is 19.3 Å². The third-order valence-electron chi connectivity index (χ3n) is 6.41. The van der Waals surface area contributed by atoms with E-state index in [1.807, 2.05) is 83.1 Å². The molecule has 0 aliphatic carbocycles. The monoisotopic (exact) mass is 514 g/mol. The van der Waals surface area contributed by atoms with E-state index in [1.165, 1.54) is 4.90 Å². The standard InChI is InChI=1S/C31H34N2O5/c1-7-37-25-15-8-21(9-16-25)28-27(29(34)22-10-17-26(20(4)18-22)38-19(2)3)30(35)31(36)33(28)24-13-11-23(12-14-24)32(5)6/h8-19,28,34H,7H2,1-6H3/b29-27-. The molecule has 0 saturated carbocycles. The van der Waals surface area contributed by atoms with Gasteiger partial charge in [0.15, 0.2) is 0 Å². The van der Waals surface area contributed by atoms with Gasteiger partial charge < -0.3 is 19.5 Å². The Balaban J connectivity index is 1.86. The number of carbonyl (C=O) groups is 2. The maximum Gasteiger partial charge on any atom is 0.300 e. The molecule has 1 fully saturated rings. The lowest BCUT2D eigenvalue weighted by Crippen LogP contribution is -2.29. The van der Waals surface area contributed by atoms with Gasteiger partial charge in [-0.15, -0.1) is 0 Å². The summed E-state index contributed by atoms with van der Waals surface area (Å²) >= 11 is 0. The molecule has 3 aromatic carbocycles. The van der Waals surface area contributed by atoms with E-state index in [0.29, 0.717) is 34.9 Å². The van der Waals surface area contributed by atoms with Gasteiger partial charge in [-0.05, 0) is 93.4 Å². The lowest BCUT2D eigenvalue weighted by Gasteiger charge is -2.26. The molecule has 0 aromatic heterocycles. The predicted octanol–water partition coefficient (Wildman–Crippen LogP) is 5.87. The van der Waals surface area contributed by atoms with Gasteiger partial charge in [0.05, 0.1) is 24.3 Å². The van der Waals surface area contributed by atoms with E-state index in [2.05, 4.69) is 0 Å². The van der Waals surface area contributed by atoms with E-state index in [0.717, 1.165) is 11.3 Å². The number of amides is 1. The Morgan fingerprint density at radius 1 is 1.00 bits per heavy atom. The number of nitrogens with zero attached hydrogens (tertiary/aromatic N) is 2. The van der Waals surface area contributed by atoms with Crippen molar-refractivity contribution in [3.05, 3.63) is 89.0 Å². The van der Waals surface area contributed by atoms with Gasteiger partial charge in [0.25, 0.3) is 11.7 Å². The van der Waals surface area contributed by atoms with Crippen molar-refractivity contribution >= 4 is 28.8 Å². The topological polar surface area (TPSA) is 79.3 Å². The maximum absolute atomic E-state index is 13.5. The molecule has 0 bridgehead atoms. The van der Waals surface area contributed by atoms with Crippen LogP contribution in [0.1, 0.15) is 43.5 Å². The first-order valence-corrected chi connectivity index (χ1v) is 12.7. The third-order valence-corrected chi connectivity index (χ3v) is 6.41. The summed E-state index contributed by atoms with van der Waals surface area (Å²) in [5.41, 5.74) is 3.49. The Morgan fingerprint density at radius 3 is 2.21 bits per heavy atom. The van der Waals surface area contributed by atoms with Crippen LogP contribution in [-0.4, -0.2) is 43.6 Å². The predicted molar refractivity (Wildman–Crippen MR) is 150 cm³/mol. The van der Waals surface area contributed by atoms with E-state index < -0.39 is 17.7 Å². The zero-order valence-corrected chi connectivity index (χ0v) is 22.7. The molecule has 1 aliphatic rings. The highest BCUT2D eigenvalue weighted by molar-refractivity contribution is 6.51.